The average Bonchev–Trinajstić information content (AvgIpc) is 3.17. The first-order chi connectivity index (χ1) is 13.1. The normalized spacial score (nSPS) is 20.6. The van der Waals surface area contributed by atoms with Crippen molar-refractivity contribution in [3.63, 3.8) is 0 Å². The molecule has 2 aliphatic rings. The van der Waals surface area contributed by atoms with Gasteiger partial charge in [0.05, 0.1) is 5.02 Å². The number of nitrogens with one attached hydrogen (secondary N) is 1. The molecule has 0 spiro atoms. The molecule has 0 unspecified atom stereocenters. The molecule has 6 heteroatoms. The van der Waals surface area contributed by atoms with Crippen LogP contribution in [0.4, 0.5) is 0 Å². The number of benzene rings is 1. The predicted molar refractivity (Wildman–Crippen MR) is 114 cm³/mol. The van der Waals surface area contributed by atoms with Crippen LogP contribution in [0.3, 0.4) is 0 Å². The smallest absolute Gasteiger partial charge is 0.251 e. The molecule has 0 radical (unpaired) electrons. The van der Waals surface area contributed by atoms with E-state index < -0.39 is 0 Å². The van der Waals surface area contributed by atoms with E-state index >= 15 is 0 Å². The Morgan fingerprint density at radius 2 is 2.00 bits per heavy atom. The average molecular weight is 411 g/mol. The third-order valence-corrected chi connectivity index (χ3v) is 6.80. The summed E-state index contributed by atoms with van der Waals surface area (Å²) in [6.07, 6.45) is 8.94. The van der Waals surface area contributed by atoms with Gasteiger partial charge < -0.3 is 10.1 Å². The Morgan fingerprint density at radius 3 is 2.63 bits per heavy atom. The minimum absolute atomic E-state index is 0.0357. The molecule has 3 rings (SSSR count). The molecule has 1 aromatic carbocycles. The quantitative estimate of drug-likeness (QED) is 0.712. The molecule has 4 nitrogen and oxygen atoms in total. The molecule has 1 aliphatic heterocycles. The number of likely N-dealkylation sites (tertiary alicyclic amines) is 1. The number of hydrogen-bond donors (Lipinski definition) is 1. The fraction of sp³-hybridized carbons (Fsp3) is 0.667. The van der Waals surface area contributed by atoms with Gasteiger partial charge in [0.25, 0.3) is 5.91 Å². The van der Waals surface area contributed by atoms with Gasteiger partial charge >= 0.3 is 0 Å². The minimum Gasteiger partial charge on any atom is -0.489 e. The molecular formula is C21H31ClN2O2S. The Morgan fingerprint density at radius 1 is 1.30 bits per heavy atom. The van der Waals surface area contributed by atoms with E-state index in [1.807, 2.05) is 23.9 Å². The summed E-state index contributed by atoms with van der Waals surface area (Å²) in [7, 11) is 0. The number of hydrogen-bond acceptors (Lipinski definition) is 4. The molecule has 1 saturated heterocycles. The van der Waals surface area contributed by atoms with Gasteiger partial charge in [-0.15, -0.1) is 0 Å². The second kappa shape index (κ2) is 10.0. The van der Waals surface area contributed by atoms with Crippen molar-refractivity contribution in [3.05, 3.63) is 28.8 Å². The van der Waals surface area contributed by atoms with Gasteiger partial charge in [0, 0.05) is 36.5 Å². The van der Waals surface area contributed by atoms with E-state index in [4.69, 9.17) is 16.3 Å². The summed E-state index contributed by atoms with van der Waals surface area (Å²) >= 11 is 8.31. The van der Waals surface area contributed by atoms with Gasteiger partial charge in [0.1, 0.15) is 11.9 Å². The maximum atomic E-state index is 12.4. The predicted octanol–water partition coefficient (Wildman–Crippen LogP) is 4.61. The lowest BCUT2D eigenvalue weighted by Crippen LogP contribution is -2.43. The number of ether oxygens (including phenoxy) is 1. The number of rotatable bonds is 7. The Labute approximate surface area is 172 Å². The van der Waals surface area contributed by atoms with Crippen LogP contribution in [-0.2, 0) is 0 Å². The maximum absolute atomic E-state index is 12.4. The Hall–Kier alpha value is -0.910. The van der Waals surface area contributed by atoms with Crippen molar-refractivity contribution in [1.29, 1.82) is 0 Å². The van der Waals surface area contributed by atoms with Crippen molar-refractivity contribution < 1.29 is 9.53 Å². The van der Waals surface area contributed by atoms with Crippen LogP contribution in [0, 0.1) is 0 Å². The first-order valence-electron chi connectivity index (χ1n) is 10.1. The standard InChI is InChI=1S/C21H31ClN2O2S/c1-15(14-27-2)24-11-9-18(10-12-24)26-20-8-7-16(13-19(20)22)21(25)23-17-5-3-4-6-17/h7-8,13,15,17-18H,3-6,9-12,14H2,1-2H3,(H,23,25)/t15-/m0/s1. The van der Waals surface area contributed by atoms with Crippen LogP contribution in [0.15, 0.2) is 18.2 Å². The summed E-state index contributed by atoms with van der Waals surface area (Å²) in [6.45, 7) is 4.42. The van der Waals surface area contributed by atoms with Crippen LogP contribution in [0.1, 0.15) is 55.8 Å². The zero-order valence-corrected chi connectivity index (χ0v) is 18.0. The fourth-order valence-corrected chi connectivity index (χ4v) is 4.96. The van der Waals surface area contributed by atoms with Gasteiger partial charge in [0.15, 0.2) is 0 Å². The zero-order valence-electron chi connectivity index (χ0n) is 16.4. The molecule has 27 heavy (non-hydrogen) atoms. The second-order valence-electron chi connectivity index (χ2n) is 7.76. The zero-order chi connectivity index (χ0) is 19.2. The number of halogens is 1. The van der Waals surface area contributed by atoms with Crippen LogP contribution in [0.2, 0.25) is 5.02 Å². The molecule has 1 amide bonds. The van der Waals surface area contributed by atoms with Crippen LogP contribution in [0.25, 0.3) is 0 Å². The van der Waals surface area contributed by atoms with E-state index in [1.54, 1.807) is 6.07 Å². The molecule has 0 aromatic heterocycles. The van der Waals surface area contributed by atoms with E-state index in [0.29, 0.717) is 28.4 Å². The summed E-state index contributed by atoms with van der Waals surface area (Å²) in [5.41, 5.74) is 0.611. The molecule has 150 valence electrons. The van der Waals surface area contributed by atoms with Crippen molar-refractivity contribution >= 4 is 29.3 Å². The van der Waals surface area contributed by atoms with Gasteiger partial charge in [-0.3, -0.25) is 9.69 Å². The molecule has 0 bridgehead atoms. The topological polar surface area (TPSA) is 41.6 Å². The Balaban J connectivity index is 1.51. The van der Waals surface area contributed by atoms with Gasteiger partial charge in [-0.1, -0.05) is 24.4 Å². The highest BCUT2D eigenvalue weighted by atomic mass is 35.5. The van der Waals surface area contributed by atoms with Gasteiger partial charge in [-0.2, -0.15) is 11.8 Å². The highest BCUT2D eigenvalue weighted by Gasteiger charge is 2.24. The number of piperidine rings is 1. The lowest BCUT2D eigenvalue weighted by Gasteiger charge is -2.36. The molecule has 1 atom stereocenters. The van der Waals surface area contributed by atoms with Gasteiger partial charge in [0.2, 0.25) is 0 Å². The molecule has 1 aliphatic carbocycles. The van der Waals surface area contributed by atoms with Crippen LogP contribution in [-0.4, -0.2) is 54.1 Å². The maximum Gasteiger partial charge on any atom is 0.251 e. The van der Waals surface area contributed by atoms with Crippen molar-refractivity contribution in [2.24, 2.45) is 0 Å². The van der Waals surface area contributed by atoms with Crippen LogP contribution in [0.5, 0.6) is 5.75 Å². The van der Waals surface area contributed by atoms with Gasteiger partial charge in [-0.25, -0.2) is 0 Å². The van der Waals surface area contributed by atoms with E-state index in [1.165, 1.54) is 18.6 Å². The molecule has 1 heterocycles. The minimum atomic E-state index is -0.0357. The van der Waals surface area contributed by atoms with Crippen molar-refractivity contribution in [3.8, 4) is 5.75 Å². The molecule has 2 fully saturated rings. The van der Waals surface area contributed by atoms with E-state index in [9.17, 15) is 4.79 Å². The second-order valence-corrected chi connectivity index (χ2v) is 9.08. The summed E-state index contributed by atoms with van der Waals surface area (Å²) in [5, 5.41) is 3.62. The number of nitrogens with zero attached hydrogens (tertiary/aromatic N) is 1. The summed E-state index contributed by atoms with van der Waals surface area (Å²) in [5.74, 6) is 1.82. The van der Waals surface area contributed by atoms with Gasteiger partial charge in [-0.05, 0) is 57.1 Å². The molecule has 1 saturated carbocycles. The third-order valence-electron chi connectivity index (χ3n) is 5.69. The Bertz CT molecular complexity index is 629. The molecule has 1 N–H and O–H groups in total. The van der Waals surface area contributed by atoms with E-state index in [2.05, 4.69) is 23.4 Å². The first kappa shape index (κ1) is 20.8. The van der Waals surface area contributed by atoms with E-state index in [-0.39, 0.29) is 12.0 Å². The number of amides is 1. The van der Waals surface area contributed by atoms with Crippen LogP contribution < -0.4 is 10.1 Å². The van der Waals surface area contributed by atoms with Crippen molar-refractivity contribution in [1.82, 2.24) is 10.2 Å². The highest BCUT2D eigenvalue weighted by Crippen LogP contribution is 2.29. The van der Waals surface area contributed by atoms with Crippen molar-refractivity contribution in [2.75, 3.05) is 25.1 Å². The number of carbonyl (C=O) groups is 1. The van der Waals surface area contributed by atoms with Crippen LogP contribution >= 0.6 is 23.4 Å². The third kappa shape index (κ3) is 5.78. The number of carbonyl (C=O) groups excluding carboxylic acids is 1. The summed E-state index contributed by atoms with van der Waals surface area (Å²) in [6, 6.07) is 6.32. The van der Waals surface area contributed by atoms with Crippen molar-refractivity contribution in [2.45, 2.75) is 63.6 Å². The largest absolute Gasteiger partial charge is 0.489 e. The van der Waals surface area contributed by atoms with E-state index in [0.717, 1.165) is 38.8 Å². The number of thioether (sulfide) groups is 1. The fourth-order valence-electron chi connectivity index (χ4n) is 4.04. The summed E-state index contributed by atoms with van der Waals surface area (Å²) in [4.78, 5) is 14.9. The molecule has 1 aromatic rings. The lowest BCUT2D eigenvalue weighted by molar-refractivity contribution is 0.0854. The Kier molecular flexibility index (Phi) is 7.74. The highest BCUT2D eigenvalue weighted by molar-refractivity contribution is 7.98. The SMILES string of the molecule is CSC[C@H](C)N1CCC(Oc2ccc(C(=O)NC3CCCC3)cc2Cl)CC1. The lowest BCUT2D eigenvalue weighted by atomic mass is 10.1. The molecular weight excluding hydrogens is 380 g/mol. The monoisotopic (exact) mass is 410 g/mol. The first-order valence-corrected chi connectivity index (χ1v) is 11.8. The summed E-state index contributed by atoms with van der Waals surface area (Å²) < 4.78 is 6.15.